The van der Waals surface area contributed by atoms with Crippen LogP contribution in [0.15, 0.2) is 30.3 Å². The van der Waals surface area contributed by atoms with E-state index >= 15 is 0 Å². The molecule has 1 fully saturated rings. The van der Waals surface area contributed by atoms with Gasteiger partial charge in [0.15, 0.2) is 0 Å². The monoisotopic (exact) mass is 403 g/mol. The molecular weight excluding hydrogens is 382 g/mol. The van der Waals surface area contributed by atoms with Gasteiger partial charge in [-0.05, 0) is 31.0 Å². The maximum atomic E-state index is 12.8. The Balaban J connectivity index is 1.89. The molecule has 2 heterocycles. The van der Waals surface area contributed by atoms with Crippen molar-refractivity contribution in [2.75, 3.05) is 18.4 Å². The average Bonchev–Trinajstić information content (AvgIpc) is 2.90. The summed E-state index contributed by atoms with van der Waals surface area (Å²) < 4.78 is 0. The van der Waals surface area contributed by atoms with E-state index in [2.05, 4.69) is 16.0 Å². The van der Waals surface area contributed by atoms with Crippen LogP contribution in [0.2, 0.25) is 0 Å². The minimum Gasteiger partial charge on any atom is -0.351 e. The molecule has 10 heteroatoms. The second-order valence-electron chi connectivity index (χ2n) is 6.52. The number of anilines is 1. The van der Waals surface area contributed by atoms with Gasteiger partial charge in [-0.2, -0.15) is 0 Å². The molecule has 0 saturated carbocycles. The van der Waals surface area contributed by atoms with Crippen molar-refractivity contribution in [3.8, 4) is 10.4 Å². The molecule has 0 aliphatic carbocycles. The van der Waals surface area contributed by atoms with E-state index < -0.39 is 11.0 Å². The molecule has 0 spiro atoms. The van der Waals surface area contributed by atoms with Crippen molar-refractivity contribution < 1.29 is 14.5 Å². The van der Waals surface area contributed by atoms with Crippen LogP contribution in [-0.2, 0) is 0 Å². The average molecular weight is 403 g/mol. The molecule has 3 amide bonds. The second-order valence-corrected chi connectivity index (χ2v) is 7.57. The molecule has 1 atom stereocenters. The van der Waals surface area contributed by atoms with E-state index in [4.69, 9.17) is 5.73 Å². The van der Waals surface area contributed by atoms with Crippen LogP contribution in [-0.4, -0.2) is 36.0 Å². The van der Waals surface area contributed by atoms with Gasteiger partial charge >= 0.3 is 6.03 Å². The minimum absolute atomic E-state index is 0.00223. The Hall–Kier alpha value is -2.98. The zero-order valence-corrected chi connectivity index (χ0v) is 15.9. The van der Waals surface area contributed by atoms with Crippen LogP contribution in [0.25, 0.3) is 10.4 Å². The fourth-order valence-corrected chi connectivity index (χ4v) is 4.14. The van der Waals surface area contributed by atoms with E-state index in [1.807, 2.05) is 0 Å². The molecule has 1 aromatic heterocycles. The van der Waals surface area contributed by atoms with Gasteiger partial charge in [-0.25, -0.2) is 4.79 Å². The fraction of sp³-hybridized carbons (Fsp3) is 0.333. The van der Waals surface area contributed by atoms with Crippen LogP contribution in [0.3, 0.4) is 0 Å². The number of primary amides is 1. The number of carbonyl (C=O) groups is 2. The van der Waals surface area contributed by atoms with Crippen molar-refractivity contribution in [3.05, 3.63) is 46.0 Å². The Bertz CT molecular complexity index is 890. The van der Waals surface area contributed by atoms with Crippen molar-refractivity contribution >= 4 is 34.0 Å². The van der Waals surface area contributed by atoms with Crippen molar-refractivity contribution in [2.24, 2.45) is 5.73 Å². The standard InChI is InChI=1S/C18H21N5O4S/c19-18(25)22-17-14(16(24)21-12-5-1-2-7-20-10-12)9-15(28-17)11-4-3-6-13(8-11)23(26)27/h3-4,6,8-9,12,20H,1-2,5,7,10H2,(H,21,24)(H3,19,22,25)/t12-/m0/s1. The number of nitro groups is 1. The molecule has 0 bridgehead atoms. The van der Waals surface area contributed by atoms with E-state index in [1.165, 1.54) is 12.1 Å². The lowest BCUT2D eigenvalue weighted by Crippen LogP contribution is -2.41. The number of carbonyl (C=O) groups excluding carboxylic acids is 2. The van der Waals surface area contributed by atoms with E-state index in [0.29, 0.717) is 22.0 Å². The lowest BCUT2D eigenvalue weighted by atomic mass is 10.1. The van der Waals surface area contributed by atoms with Crippen LogP contribution >= 0.6 is 11.3 Å². The number of rotatable bonds is 5. The number of nitro benzene ring substituents is 1. The lowest BCUT2D eigenvalue weighted by Gasteiger charge is -2.16. The van der Waals surface area contributed by atoms with Crippen LogP contribution in [0.5, 0.6) is 0 Å². The highest BCUT2D eigenvalue weighted by Crippen LogP contribution is 2.36. The van der Waals surface area contributed by atoms with E-state index in [0.717, 1.165) is 37.1 Å². The topological polar surface area (TPSA) is 139 Å². The summed E-state index contributed by atoms with van der Waals surface area (Å²) in [6, 6.07) is 6.95. The maximum absolute atomic E-state index is 12.8. The number of urea groups is 1. The summed E-state index contributed by atoms with van der Waals surface area (Å²) in [6.07, 6.45) is 2.96. The van der Waals surface area contributed by atoms with Crippen LogP contribution in [0.4, 0.5) is 15.5 Å². The highest BCUT2D eigenvalue weighted by molar-refractivity contribution is 7.20. The van der Waals surface area contributed by atoms with E-state index in [1.54, 1.807) is 18.2 Å². The number of nitrogens with two attached hydrogens (primary N) is 1. The van der Waals surface area contributed by atoms with Gasteiger partial charge in [0.25, 0.3) is 11.6 Å². The van der Waals surface area contributed by atoms with E-state index in [-0.39, 0.29) is 23.2 Å². The molecule has 3 rings (SSSR count). The second kappa shape index (κ2) is 8.81. The first kappa shape index (κ1) is 19.8. The first-order chi connectivity index (χ1) is 13.4. The smallest absolute Gasteiger partial charge is 0.317 e. The van der Waals surface area contributed by atoms with Gasteiger partial charge in [-0.1, -0.05) is 18.6 Å². The summed E-state index contributed by atoms with van der Waals surface area (Å²) in [5.74, 6) is -0.314. The summed E-state index contributed by atoms with van der Waals surface area (Å²) >= 11 is 1.14. The molecule has 28 heavy (non-hydrogen) atoms. The Morgan fingerprint density at radius 3 is 2.86 bits per heavy atom. The summed E-state index contributed by atoms with van der Waals surface area (Å²) in [5.41, 5.74) is 6.06. The largest absolute Gasteiger partial charge is 0.351 e. The fourth-order valence-electron chi connectivity index (χ4n) is 3.08. The number of hydrogen-bond donors (Lipinski definition) is 4. The lowest BCUT2D eigenvalue weighted by molar-refractivity contribution is -0.384. The Morgan fingerprint density at radius 1 is 1.29 bits per heavy atom. The van der Waals surface area contributed by atoms with Gasteiger partial charge < -0.3 is 16.4 Å². The summed E-state index contributed by atoms with van der Waals surface area (Å²) in [5, 5.41) is 20.1. The number of thiophene rings is 1. The zero-order valence-electron chi connectivity index (χ0n) is 15.1. The number of amides is 3. The van der Waals surface area contributed by atoms with Crippen molar-refractivity contribution in [3.63, 3.8) is 0 Å². The first-order valence-electron chi connectivity index (χ1n) is 8.90. The van der Waals surface area contributed by atoms with Gasteiger partial charge in [-0.3, -0.25) is 20.2 Å². The Morgan fingerprint density at radius 2 is 2.11 bits per heavy atom. The number of nitrogens with one attached hydrogen (secondary N) is 3. The van der Waals surface area contributed by atoms with Crippen molar-refractivity contribution in [1.29, 1.82) is 0 Å². The number of benzene rings is 1. The Labute approximate surface area is 165 Å². The molecule has 1 saturated heterocycles. The first-order valence-corrected chi connectivity index (χ1v) is 9.72. The highest BCUT2D eigenvalue weighted by Gasteiger charge is 2.22. The summed E-state index contributed by atoms with van der Waals surface area (Å²) in [6.45, 7) is 1.61. The highest BCUT2D eigenvalue weighted by atomic mass is 32.1. The molecule has 1 aliphatic heterocycles. The van der Waals surface area contributed by atoms with Gasteiger partial charge in [0, 0.05) is 29.6 Å². The molecular formula is C18H21N5O4S. The number of non-ortho nitro benzene ring substituents is 1. The van der Waals surface area contributed by atoms with Crippen LogP contribution < -0.4 is 21.7 Å². The molecule has 0 unspecified atom stereocenters. The SMILES string of the molecule is NC(=O)Nc1sc(-c2cccc([N+](=O)[O-])c2)cc1C(=O)N[C@H]1CCCCNC1. The zero-order chi connectivity index (χ0) is 20.1. The van der Waals surface area contributed by atoms with Gasteiger partial charge in [0.2, 0.25) is 0 Å². The maximum Gasteiger partial charge on any atom is 0.317 e. The molecule has 0 radical (unpaired) electrons. The predicted molar refractivity (Wildman–Crippen MR) is 108 cm³/mol. The molecule has 148 valence electrons. The predicted octanol–water partition coefficient (Wildman–Crippen LogP) is 2.69. The number of hydrogen-bond acceptors (Lipinski definition) is 6. The Kier molecular flexibility index (Phi) is 6.22. The normalized spacial score (nSPS) is 16.8. The van der Waals surface area contributed by atoms with Crippen molar-refractivity contribution in [2.45, 2.75) is 25.3 Å². The van der Waals surface area contributed by atoms with Gasteiger partial charge in [0.05, 0.1) is 10.5 Å². The third-order valence-electron chi connectivity index (χ3n) is 4.44. The number of nitrogens with zero attached hydrogens (tertiary/aromatic N) is 1. The summed E-state index contributed by atoms with van der Waals surface area (Å²) in [4.78, 5) is 35.3. The van der Waals surface area contributed by atoms with Crippen LogP contribution in [0, 0.1) is 10.1 Å². The molecule has 1 aliphatic rings. The molecule has 1 aromatic carbocycles. The third-order valence-corrected chi connectivity index (χ3v) is 5.54. The molecule has 5 N–H and O–H groups in total. The van der Waals surface area contributed by atoms with E-state index in [9.17, 15) is 19.7 Å². The van der Waals surface area contributed by atoms with Gasteiger partial charge in [-0.15, -0.1) is 11.3 Å². The quantitative estimate of drug-likeness (QED) is 0.449. The van der Waals surface area contributed by atoms with Gasteiger partial charge in [0.1, 0.15) is 5.00 Å². The third kappa shape index (κ3) is 4.84. The van der Waals surface area contributed by atoms with Crippen molar-refractivity contribution in [1.82, 2.24) is 10.6 Å². The molecule has 2 aromatic rings. The van der Waals surface area contributed by atoms with Crippen LogP contribution in [0.1, 0.15) is 29.6 Å². The minimum atomic E-state index is -0.780. The summed E-state index contributed by atoms with van der Waals surface area (Å²) in [7, 11) is 0. The molecule has 9 nitrogen and oxygen atoms in total.